The van der Waals surface area contributed by atoms with Crippen molar-refractivity contribution in [1.82, 2.24) is 4.90 Å². The van der Waals surface area contributed by atoms with Gasteiger partial charge in [0.15, 0.2) is 0 Å². The normalized spacial score (nSPS) is 23.6. The number of carbonyl (C=O) groups excluding carboxylic acids is 1. The van der Waals surface area contributed by atoms with Gasteiger partial charge in [-0.2, -0.15) is 0 Å². The summed E-state index contributed by atoms with van der Waals surface area (Å²) in [4.78, 5) is 14.5. The quantitative estimate of drug-likeness (QED) is 0.920. The van der Waals surface area contributed by atoms with Crippen LogP contribution in [0.15, 0.2) is 18.2 Å². The molecule has 1 aromatic carbocycles. The zero-order valence-electron chi connectivity index (χ0n) is 14.1. The molecule has 0 atom stereocenters. The summed E-state index contributed by atoms with van der Waals surface area (Å²) in [6.07, 6.45) is 9.68. The van der Waals surface area contributed by atoms with Crippen molar-refractivity contribution in [3.63, 3.8) is 0 Å². The van der Waals surface area contributed by atoms with Crippen LogP contribution < -0.4 is 5.73 Å². The predicted molar refractivity (Wildman–Crippen MR) is 97.0 cm³/mol. The molecule has 0 aliphatic heterocycles. The van der Waals surface area contributed by atoms with Crippen LogP contribution >= 0.6 is 12.4 Å². The van der Waals surface area contributed by atoms with Crippen LogP contribution in [0.5, 0.6) is 0 Å². The lowest BCUT2D eigenvalue weighted by molar-refractivity contribution is -0.131. The van der Waals surface area contributed by atoms with Crippen LogP contribution in [-0.4, -0.2) is 29.9 Å². The maximum atomic E-state index is 12.6. The Morgan fingerprint density at radius 2 is 1.78 bits per heavy atom. The molecule has 1 amide bonds. The summed E-state index contributed by atoms with van der Waals surface area (Å²) in [6, 6.07) is 7.35. The fourth-order valence-corrected chi connectivity index (χ4v) is 3.89. The van der Waals surface area contributed by atoms with E-state index in [4.69, 9.17) is 5.73 Å². The largest absolute Gasteiger partial charge is 0.342 e. The van der Waals surface area contributed by atoms with Crippen LogP contribution in [0.2, 0.25) is 0 Å². The molecule has 0 bridgehead atoms. The van der Waals surface area contributed by atoms with Gasteiger partial charge in [-0.25, -0.2) is 0 Å². The molecule has 2 aliphatic rings. The first-order valence-corrected chi connectivity index (χ1v) is 8.75. The molecule has 0 heterocycles. The Morgan fingerprint density at radius 1 is 1.13 bits per heavy atom. The number of likely N-dealkylation sites (N-methyl/N-ethyl adjacent to an activating group) is 1. The molecule has 0 saturated heterocycles. The molecule has 1 fully saturated rings. The fraction of sp³-hybridized carbons (Fsp3) is 0.632. The van der Waals surface area contributed by atoms with Gasteiger partial charge in [0.2, 0.25) is 5.91 Å². The maximum absolute atomic E-state index is 12.6. The molecular weight excluding hydrogens is 308 g/mol. The van der Waals surface area contributed by atoms with Gasteiger partial charge in [0.05, 0.1) is 6.42 Å². The molecule has 1 aromatic rings. The second-order valence-electron chi connectivity index (χ2n) is 7.06. The van der Waals surface area contributed by atoms with Gasteiger partial charge in [0.1, 0.15) is 0 Å². The first-order valence-electron chi connectivity index (χ1n) is 8.75. The van der Waals surface area contributed by atoms with E-state index in [-0.39, 0.29) is 18.3 Å². The number of nitrogens with zero attached hydrogens (tertiary/aromatic N) is 1. The van der Waals surface area contributed by atoms with Crippen LogP contribution in [-0.2, 0) is 24.1 Å². The topological polar surface area (TPSA) is 46.3 Å². The Kier molecular flexibility index (Phi) is 6.49. The molecule has 3 rings (SSSR count). The maximum Gasteiger partial charge on any atom is 0.226 e. The molecular formula is C19H29ClN2O. The number of nitrogens with two attached hydrogens (primary N) is 1. The average Bonchev–Trinajstić information content (AvgIpc) is 2.55. The lowest BCUT2D eigenvalue weighted by atomic mass is 9.89. The summed E-state index contributed by atoms with van der Waals surface area (Å²) in [5.74, 6) is 0.247. The lowest BCUT2D eigenvalue weighted by Gasteiger charge is -2.33. The van der Waals surface area contributed by atoms with Crippen molar-refractivity contribution < 1.29 is 4.79 Å². The molecule has 1 saturated carbocycles. The number of amides is 1. The number of rotatable bonds is 3. The van der Waals surface area contributed by atoms with Crippen molar-refractivity contribution in [2.24, 2.45) is 5.73 Å². The zero-order chi connectivity index (χ0) is 15.5. The summed E-state index contributed by atoms with van der Waals surface area (Å²) < 4.78 is 0. The molecule has 0 radical (unpaired) electrons. The van der Waals surface area contributed by atoms with Crippen molar-refractivity contribution in [1.29, 1.82) is 0 Å². The minimum Gasteiger partial charge on any atom is -0.342 e. The molecule has 3 nitrogen and oxygen atoms in total. The van der Waals surface area contributed by atoms with Crippen molar-refractivity contribution in [3.8, 4) is 0 Å². The monoisotopic (exact) mass is 336 g/mol. The Hall–Kier alpha value is -1.06. The van der Waals surface area contributed by atoms with Gasteiger partial charge in [-0.15, -0.1) is 12.4 Å². The van der Waals surface area contributed by atoms with Gasteiger partial charge < -0.3 is 10.6 Å². The summed E-state index contributed by atoms with van der Waals surface area (Å²) in [6.45, 7) is 0. The molecule has 0 unspecified atom stereocenters. The van der Waals surface area contributed by atoms with E-state index in [1.165, 1.54) is 42.4 Å². The summed E-state index contributed by atoms with van der Waals surface area (Å²) >= 11 is 0. The zero-order valence-corrected chi connectivity index (χ0v) is 14.9. The van der Waals surface area contributed by atoms with Crippen LogP contribution in [0.4, 0.5) is 0 Å². The highest BCUT2D eigenvalue weighted by Gasteiger charge is 2.25. The number of hydrogen-bond acceptors (Lipinski definition) is 2. The minimum atomic E-state index is 0. The van der Waals surface area contributed by atoms with Crippen LogP contribution in [0.25, 0.3) is 0 Å². The molecule has 2 N–H and O–H groups in total. The van der Waals surface area contributed by atoms with Crippen LogP contribution in [0.1, 0.15) is 55.2 Å². The molecule has 23 heavy (non-hydrogen) atoms. The standard InChI is InChI=1S/C19H28N2O.ClH/c1-21(18-10-8-17(20)9-11-18)19(22)13-14-6-7-15-4-2-3-5-16(15)12-14;/h6-7,12,17-18H,2-5,8-11,13,20H2,1H3;1H. The lowest BCUT2D eigenvalue weighted by Crippen LogP contribution is -2.42. The van der Waals surface area contributed by atoms with Gasteiger partial charge in [0.25, 0.3) is 0 Å². The predicted octanol–water partition coefficient (Wildman–Crippen LogP) is 3.26. The first kappa shape index (κ1) is 18.3. The van der Waals surface area contributed by atoms with Gasteiger partial charge >= 0.3 is 0 Å². The van der Waals surface area contributed by atoms with Crippen molar-refractivity contribution in [2.45, 2.75) is 69.9 Å². The van der Waals surface area contributed by atoms with Gasteiger partial charge in [0, 0.05) is 19.1 Å². The average molecular weight is 337 g/mol. The summed E-state index contributed by atoms with van der Waals surface area (Å²) in [7, 11) is 1.96. The molecule has 0 aromatic heterocycles. The summed E-state index contributed by atoms with van der Waals surface area (Å²) in [5, 5.41) is 0. The number of carbonyl (C=O) groups is 1. The number of benzene rings is 1. The highest BCUT2D eigenvalue weighted by atomic mass is 35.5. The third-order valence-corrected chi connectivity index (χ3v) is 5.45. The van der Waals surface area contributed by atoms with Crippen LogP contribution in [0.3, 0.4) is 0 Å². The number of halogens is 1. The molecule has 128 valence electrons. The second kappa shape index (κ2) is 8.16. The third-order valence-electron chi connectivity index (χ3n) is 5.45. The molecule has 0 spiro atoms. The van der Waals surface area contributed by atoms with E-state index in [0.717, 1.165) is 25.7 Å². The number of fused-ring (bicyclic) bond motifs is 1. The fourth-order valence-electron chi connectivity index (χ4n) is 3.89. The minimum absolute atomic E-state index is 0. The summed E-state index contributed by atoms with van der Waals surface area (Å²) in [5.41, 5.74) is 10.1. The Bertz CT molecular complexity index is 538. The Morgan fingerprint density at radius 3 is 2.48 bits per heavy atom. The highest BCUT2D eigenvalue weighted by molar-refractivity contribution is 5.85. The van der Waals surface area contributed by atoms with Gasteiger partial charge in [-0.05, 0) is 68.1 Å². The van der Waals surface area contributed by atoms with Gasteiger partial charge in [-0.3, -0.25) is 4.79 Å². The Balaban J connectivity index is 0.00000192. The number of hydrogen-bond donors (Lipinski definition) is 1. The molecule has 4 heteroatoms. The van der Waals surface area contributed by atoms with E-state index in [0.29, 0.717) is 18.5 Å². The van der Waals surface area contributed by atoms with Crippen molar-refractivity contribution >= 4 is 18.3 Å². The number of aryl methyl sites for hydroxylation is 2. The molecule has 2 aliphatic carbocycles. The smallest absolute Gasteiger partial charge is 0.226 e. The first-order chi connectivity index (χ1) is 10.6. The van der Waals surface area contributed by atoms with Crippen LogP contribution in [0, 0.1) is 0 Å². The third kappa shape index (κ3) is 4.48. The van der Waals surface area contributed by atoms with Crippen molar-refractivity contribution in [2.75, 3.05) is 7.05 Å². The van der Waals surface area contributed by atoms with E-state index < -0.39 is 0 Å². The van der Waals surface area contributed by atoms with E-state index in [2.05, 4.69) is 18.2 Å². The SMILES string of the molecule is CN(C(=O)Cc1ccc2c(c1)CCCC2)C1CCC(N)CC1.Cl. The van der Waals surface area contributed by atoms with E-state index in [1.54, 1.807) is 0 Å². The Labute approximate surface area is 146 Å². The van der Waals surface area contributed by atoms with Crippen molar-refractivity contribution in [3.05, 3.63) is 34.9 Å². The highest BCUT2D eigenvalue weighted by Crippen LogP contribution is 2.24. The second-order valence-corrected chi connectivity index (χ2v) is 7.06. The van der Waals surface area contributed by atoms with E-state index in [1.807, 2.05) is 11.9 Å². The van der Waals surface area contributed by atoms with Gasteiger partial charge in [-0.1, -0.05) is 18.2 Å². The van der Waals surface area contributed by atoms with E-state index in [9.17, 15) is 4.79 Å². The van der Waals surface area contributed by atoms with E-state index >= 15 is 0 Å².